The second-order valence-corrected chi connectivity index (χ2v) is 2.37. The Morgan fingerprint density at radius 1 is 1.40 bits per heavy atom. The third-order valence-corrected chi connectivity index (χ3v) is 1.58. The van der Waals surface area contributed by atoms with E-state index < -0.39 is 0 Å². The van der Waals surface area contributed by atoms with E-state index in [4.69, 9.17) is 17.3 Å². The number of halogens is 1. The Labute approximate surface area is 101 Å². The molecule has 10 heavy (non-hydrogen) atoms. The smallest absolute Gasteiger partial charge is 0.0422 e. The fourth-order valence-electron chi connectivity index (χ4n) is 0.593. The van der Waals surface area contributed by atoms with Crippen molar-refractivity contribution in [1.82, 2.24) is 0 Å². The van der Waals surface area contributed by atoms with Gasteiger partial charge in [0.05, 0.1) is 0 Å². The van der Waals surface area contributed by atoms with Gasteiger partial charge in [-0.3, -0.25) is 0 Å². The molecule has 0 saturated carbocycles. The number of benzene rings is 1. The fourth-order valence-corrected chi connectivity index (χ4v) is 0.773. The second kappa shape index (κ2) is 4.59. The van der Waals surface area contributed by atoms with Crippen molar-refractivity contribution >= 4 is 17.3 Å². The van der Waals surface area contributed by atoms with Crippen molar-refractivity contribution in [2.24, 2.45) is 0 Å². The number of rotatable bonds is 0. The molecular formula is C7H7AcClN-. The van der Waals surface area contributed by atoms with Crippen LogP contribution in [0, 0.1) is 51.0 Å². The maximum atomic E-state index is 7.15. The van der Waals surface area contributed by atoms with Gasteiger partial charge in [0, 0.05) is 49.1 Å². The van der Waals surface area contributed by atoms with Crippen LogP contribution >= 0.6 is 11.6 Å². The maximum absolute atomic E-state index is 7.15. The van der Waals surface area contributed by atoms with E-state index in [1.165, 1.54) is 0 Å². The van der Waals surface area contributed by atoms with Crippen LogP contribution in [0.4, 0.5) is 5.69 Å². The Morgan fingerprint density at radius 3 is 2.40 bits per heavy atom. The van der Waals surface area contributed by atoms with E-state index in [-0.39, 0.29) is 44.1 Å². The standard InChI is InChI=1S/C7H7ClN.Ac/c1-5-2-3-6(9)4-7(5)8;/h2-4,9H,1H3;/q-1;. The minimum atomic E-state index is 0. The average molecular weight is 368 g/mol. The van der Waals surface area contributed by atoms with Gasteiger partial charge in [0.2, 0.25) is 0 Å². The van der Waals surface area contributed by atoms with E-state index in [1.54, 1.807) is 12.1 Å². The van der Waals surface area contributed by atoms with E-state index in [9.17, 15) is 0 Å². The van der Waals surface area contributed by atoms with Gasteiger partial charge in [0.25, 0.3) is 0 Å². The molecule has 0 heterocycles. The third kappa shape index (κ3) is 2.78. The van der Waals surface area contributed by atoms with Gasteiger partial charge in [-0.05, 0) is 12.5 Å². The van der Waals surface area contributed by atoms with Gasteiger partial charge in [-0.2, -0.15) is 0 Å². The molecule has 0 spiro atoms. The first-order chi connectivity index (χ1) is 4.20. The fraction of sp³-hybridized carbons (Fsp3) is 0.143. The number of aryl methyl sites for hydroxylation is 1. The van der Waals surface area contributed by atoms with Gasteiger partial charge in [0.15, 0.2) is 0 Å². The van der Waals surface area contributed by atoms with Gasteiger partial charge < -0.3 is 5.73 Å². The topological polar surface area (TPSA) is 23.8 Å². The minimum Gasteiger partial charge on any atom is -0.699 e. The summed E-state index contributed by atoms with van der Waals surface area (Å²) in [6.07, 6.45) is 0. The molecule has 0 saturated heterocycles. The molecule has 0 aliphatic carbocycles. The largest absolute Gasteiger partial charge is 0.699 e. The van der Waals surface area contributed by atoms with Crippen molar-refractivity contribution in [3.8, 4) is 0 Å². The number of hydrogen-bond acceptors (Lipinski definition) is 0. The second-order valence-electron chi connectivity index (χ2n) is 1.96. The van der Waals surface area contributed by atoms with Crippen molar-refractivity contribution in [1.29, 1.82) is 0 Å². The molecule has 0 aliphatic heterocycles. The molecule has 51 valence electrons. The van der Waals surface area contributed by atoms with E-state index in [1.807, 2.05) is 13.0 Å². The van der Waals surface area contributed by atoms with Crippen LogP contribution in [0.2, 0.25) is 5.02 Å². The summed E-state index contributed by atoms with van der Waals surface area (Å²) < 4.78 is 0. The molecule has 1 aromatic rings. The summed E-state index contributed by atoms with van der Waals surface area (Å²) in [4.78, 5) is 0. The molecule has 0 unspecified atom stereocenters. The first-order valence-corrected chi connectivity index (χ1v) is 3.05. The summed E-state index contributed by atoms with van der Waals surface area (Å²) in [7, 11) is 0. The van der Waals surface area contributed by atoms with Crippen molar-refractivity contribution in [2.45, 2.75) is 6.92 Å². The van der Waals surface area contributed by atoms with Crippen molar-refractivity contribution in [3.05, 3.63) is 34.5 Å². The maximum Gasteiger partial charge on any atom is 0.0422 e. The quantitative estimate of drug-likeness (QED) is 0.672. The van der Waals surface area contributed by atoms with Crippen LogP contribution in [-0.4, -0.2) is 0 Å². The average Bonchev–Trinajstić information content (AvgIpc) is 1.80. The third-order valence-electron chi connectivity index (χ3n) is 1.17. The predicted molar refractivity (Wildman–Crippen MR) is 40.2 cm³/mol. The Bertz CT molecular complexity index is 225. The molecule has 3 heteroatoms. The van der Waals surface area contributed by atoms with Crippen molar-refractivity contribution in [2.75, 3.05) is 0 Å². The molecule has 1 aromatic carbocycles. The molecule has 1 radical (unpaired) electrons. The summed E-state index contributed by atoms with van der Waals surface area (Å²) in [6, 6.07) is 5.20. The molecule has 0 fully saturated rings. The van der Waals surface area contributed by atoms with Crippen LogP contribution in [0.15, 0.2) is 18.2 Å². The summed E-state index contributed by atoms with van der Waals surface area (Å²) in [5.74, 6) is 0. The summed E-state index contributed by atoms with van der Waals surface area (Å²) in [5, 5.41) is 0.669. The summed E-state index contributed by atoms with van der Waals surface area (Å²) in [5.41, 5.74) is 8.63. The predicted octanol–water partition coefficient (Wildman–Crippen LogP) is 3.33. The molecule has 0 amide bonds. The molecule has 0 aliphatic rings. The molecular weight excluding hydrogens is 361 g/mol. The van der Waals surface area contributed by atoms with Crippen LogP contribution < -0.4 is 0 Å². The van der Waals surface area contributed by atoms with Crippen LogP contribution in [0.25, 0.3) is 5.73 Å². The SMILES string of the molecule is Cc1ccc([NH-])cc1Cl.[Ac]. The van der Waals surface area contributed by atoms with Gasteiger partial charge in [-0.15, -0.1) is 5.69 Å². The Balaban J connectivity index is 0.000000810. The monoisotopic (exact) mass is 367 g/mol. The van der Waals surface area contributed by atoms with E-state index in [0.29, 0.717) is 10.7 Å². The van der Waals surface area contributed by atoms with Crippen LogP contribution in [0.3, 0.4) is 0 Å². The van der Waals surface area contributed by atoms with E-state index >= 15 is 0 Å². The minimum absolute atomic E-state index is 0. The normalized spacial score (nSPS) is 8.60. The van der Waals surface area contributed by atoms with Gasteiger partial charge >= 0.3 is 0 Å². The van der Waals surface area contributed by atoms with Gasteiger partial charge in [-0.25, -0.2) is 0 Å². The molecule has 0 bridgehead atoms. The summed E-state index contributed by atoms with van der Waals surface area (Å²) >= 11 is 5.69. The Morgan fingerprint density at radius 2 is 2.00 bits per heavy atom. The molecule has 0 aromatic heterocycles. The number of hydrogen-bond donors (Lipinski definition) is 0. The first-order valence-electron chi connectivity index (χ1n) is 2.68. The zero-order chi connectivity index (χ0) is 6.85. The van der Waals surface area contributed by atoms with Crippen LogP contribution in [-0.2, 0) is 0 Å². The van der Waals surface area contributed by atoms with Crippen molar-refractivity contribution in [3.63, 3.8) is 0 Å². The Kier molecular flexibility index (Phi) is 4.94. The van der Waals surface area contributed by atoms with E-state index in [0.717, 1.165) is 5.56 Å². The first kappa shape index (κ1) is 10.8. The van der Waals surface area contributed by atoms with Crippen LogP contribution in [0.5, 0.6) is 0 Å². The van der Waals surface area contributed by atoms with Crippen LogP contribution in [0.1, 0.15) is 5.56 Å². The summed E-state index contributed by atoms with van der Waals surface area (Å²) in [6.45, 7) is 1.92. The molecule has 1 N–H and O–H groups in total. The molecule has 1 nitrogen and oxygen atoms in total. The molecule has 0 atom stereocenters. The van der Waals surface area contributed by atoms with Gasteiger partial charge in [0.1, 0.15) is 0 Å². The number of nitrogens with one attached hydrogen (secondary N) is 1. The van der Waals surface area contributed by atoms with Crippen molar-refractivity contribution < 1.29 is 44.1 Å². The zero-order valence-corrected chi connectivity index (χ0v) is 11.2. The Hall–Kier alpha value is 0.752. The van der Waals surface area contributed by atoms with E-state index in [2.05, 4.69) is 0 Å². The zero-order valence-electron chi connectivity index (χ0n) is 5.69. The molecule has 1 rings (SSSR count). The van der Waals surface area contributed by atoms with Gasteiger partial charge in [-0.1, -0.05) is 29.8 Å².